The van der Waals surface area contributed by atoms with E-state index in [1.165, 1.54) is 11.7 Å². The second-order valence-electron chi connectivity index (χ2n) is 2.83. The molecule has 2 heterocycles. The van der Waals surface area contributed by atoms with Crippen molar-refractivity contribution in [1.29, 1.82) is 0 Å². The summed E-state index contributed by atoms with van der Waals surface area (Å²) in [5, 5.41) is 0. The van der Waals surface area contributed by atoms with Gasteiger partial charge in [0, 0.05) is 30.4 Å². The number of nitrogens with zero attached hydrogens (tertiary/aromatic N) is 3. The van der Waals surface area contributed by atoms with E-state index < -0.39 is 6.09 Å². The molecule has 0 fully saturated rings. The summed E-state index contributed by atoms with van der Waals surface area (Å²) in [6.07, 6.45) is 5.93. The van der Waals surface area contributed by atoms with Gasteiger partial charge in [-0.25, -0.2) is 14.3 Å². The highest BCUT2D eigenvalue weighted by atomic mass is 16.5. The van der Waals surface area contributed by atoms with Gasteiger partial charge in [-0.15, -0.1) is 0 Å². The molecule has 0 N–H and O–H groups in total. The van der Waals surface area contributed by atoms with Crippen molar-refractivity contribution in [3.05, 3.63) is 36.9 Å². The van der Waals surface area contributed by atoms with Crippen molar-refractivity contribution >= 4 is 6.09 Å². The maximum Gasteiger partial charge on any atom is 0.419 e. The minimum atomic E-state index is -0.466. The number of rotatable bonds is 1. The van der Waals surface area contributed by atoms with Crippen molar-refractivity contribution in [3.8, 4) is 11.4 Å². The standard InChI is InChI=1S/C10H9N3O2/c1-15-10(14)13-6-5-12-9(13)8-3-2-4-11-7-8/h2-7H,1H3. The van der Waals surface area contributed by atoms with Gasteiger partial charge in [0.05, 0.1) is 7.11 Å². The van der Waals surface area contributed by atoms with E-state index in [1.54, 1.807) is 30.9 Å². The summed E-state index contributed by atoms with van der Waals surface area (Å²) < 4.78 is 5.95. The van der Waals surface area contributed by atoms with Crippen LogP contribution in [0.3, 0.4) is 0 Å². The molecule has 0 amide bonds. The summed E-state index contributed by atoms with van der Waals surface area (Å²) in [5.74, 6) is 0.523. The first-order chi connectivity index (χ1) is 7.33. The zero-order chi connectivity index (χ0) is 10.7. The fraction of sp³-hybridized carbons (Fsp3) is 0.100. The first kappa shape index (κ1) is 9.39. The normalized spacial score (nSPS) is 9.93. The van der Waals surface area contributed by atoms with Gasteiger partial charge in [0.15, 0.2) is 5.82 Å². The molecule has 0 saturated carbocycles. The molecule has 0 atom stereocenters. The molecule has 0 radical (unpaired) electrons. The Hall–Kier alpha value is -2.17. The first-order valence-corrected chi connectivity index (χ1v) is 4.35. The van der Waals surface area contributed by atoms with E-state index in [0.717, 1.165) is 5.56 Å². The van der Waals surface area contributed by atoms with E-state index >= 15 is 0 Å². The van der Waals surface area contributed by atoms with Crippen LogP contribution < -0.4 is 0 Å². The third-order valence-electron chi connectivity index (χ3n) is 1.93. The summed E-state index contributed by atoms with van der Waals surface area (Å²) in [7, 11) is 1.33. The largest absolute Gasteiger partial charge is 0.452 e. The van der Waals surface area contributed by atoms with Gasteiger partial charge in [-0.3, -0.25) is 4.98 Å². The van der Waals surface area contributed by atoms with Crippen LogP contribution in [0.5, 0.6) is 0 Å². The Morgan fingerprint density at radius 3 is 3.00 bits per heavy atom. The molecule has 0 aliphatic rings. The average Bonchev–Trinajstić information content (AvgIpc) is 2.78. The van der Waals surface area contributed by atoms with Crippen LogP contribution in [-0.2, 0) is 4.74 Å². The Bertz CT molecular complexity index is 465. The molecule has 0 aliphatic carbocycles. The number of methoxy groups -OCH3 is 1. The second-order valence-corrected chi connectivity index (χ2v) is 2.83. The lowest BCUT2D eigenvalue weighted by Crippen LogP contribution is -2.11. The van der Waals surface area contributed by atoms with Gasteiger partial charge in [0.25, 0.3) is 0 Å². The molecule has 0 spiro atoms. The van der Waals surface area contributed by atoms with Gasteiger partial charge in [-0.1, -0.05) is 0 Å². The third kappa shape index (κ3) is 1.71. The topological polar surface area (TPSA) is 57.0 Å². The van der Waals surface area contributed by atoms with Crippen LogP contribution in [0.2, 0.25) is 0 Å². The smallest absolute Gasteiger partial charge is 0.419 e. The minimum absolute atomic E-state index is 0.466. The highest BCUT2D eigenvalue weighted by Crippen LogP contribution is 2.15. The number of carbonyl (C=O) groups excluding carboxylic acids is 1. The van der Waals surface area contributed by atoms with Crippen LogP contribution in [0.1, 0.15) is 0 Å². The van der Waals surface area contributed by atoms with Crippen LogP contribution in [0.4, 0.5) is 4.79 Å². The molecule has 0 aromatic carbocycles. The molecule has 0 aliphatic heterocycles. The van der Waals surface area contributed by atoms with Gasteiger partial charge in [0.2, 0.25) is 0 Å². The van der Waals surface area contributed by atoms with Crippen LogP contribution >= 0.6 is 0 Å². The number of ether oxygens (including phenoxy) is 1. The molecule has 15 heavy (non-hydrogen) atoms. The maximum absolute atomic E-state index is 11.3. The first-order valence-electron chi connectivity index (χ1n) is 4.35. The van der Waals surface area contributed by atoms with Gasteiger partial charge in [0.1, 0.15) is 0 Å². The van der Waals surface area contributed by atoms with Crippen molar-refractivity contribution in [2.24, 2.45) is 0 Å². The zero-order valence-electron chi connectivity index (χ0n) is 8.12. The number of hydrogen-bond acceptors (Lipinski definition) is 4. The fourth-order valence-corrected chi connectivity index (χ4v) is 1.26. The average molecular weight is 203 g/mol. The molecule has 2 aromatic heterocycles. The van der Waals surface area contributed by atoms with Crippen molar-refractivity contribution in [3.63, 3.8) is 0 Å². The molecule has 2 rings (SSSR count). The maximum atomic E-state index is 11.3. The van der Waals surface area contributed by atoms with Gasteiger partial charge in [-0.05, 0) is 12.1 Å². The van der Waals surface area contributed by atoms with Crippen LogP contribution in [0.25, 0.3) is 11.4 Å². The molecule has 0 bridgehead atoms. The van der Waals surface area contributed by atoms with E-state index in [4.69, 9.17) is 0 Å². The fourth-order valence-electron chi connectivity index (χ4n) is 1.26. The van der Waals surface area contributed by atoms with Crippen LogP contribution in [-0.4, -0.2) is 27.7 Å². The van der Waals surface area contributed by atoms with Crippen LogP contribution in [0, 0.1) is 0 Å². The predicted octanol–water partition coefficient (Wildman–Crippen LogP) is 1.56. The highest BCUT2D eigenvalue weighted by Gasteiger charge is 2.11. The Kier molecular flexibility index (Phi) is 2.45. The summed E-state index contributed by atoms with van der Waals surface area (Å²) in [6.45, 7) is 0. The molecular weight excluding hydrogens is 194 g/mol. The predicted molar refractivity (Wildman–Crippen MR) is 53.3 cm³/mol. The van der Waals surface area contributed by atoms with E-state index in [1.807, 2.05) is 6.07 Å². The third-order valence-corrected chi connectivity index (χ3v) is 1.93. The number of pyridine rings is 1. The molecule has 5 nitrogen and oxygen atoms in total. The van der Waals surface area contributed by atoms with E-state index in [2.05, 4.69) is 14.7 Å². The lowest BCUT2D eigenvalue weighted by atomic mass is 10.3. The zero-order valence-corrected chi connectivity index (χ0v) is 8.12. The SMILES string of the molecule is COC(=O)n1ccnc1-c1cccnc1. The van der Waals surface area contributed by atoms with Gasteiger partial charge >= 0.3 is 6.09 Å². The molecule has 0 unspecified atom stereocenters. The number of hydrogen-bond donors (Lipinski definition) is 0. The van der Waals surface area contributed by atoms with E-state index in [-0.39, 0.29) is 0 Å². The molecular formula is C10H9N3O2. The van der Waals surface area contributed by atoms with Crippen molar-refractivity contribution in [2.75, 3.05) is 7.11 Å². The lowest BCUT2D eigenvalue weighted by Gasteiger charge is -2.03. The monoisotopic (exact) mass is 203 g/mol. The summed E-state index contributed by atoms with van der Waals surface area (Å²) >= 11 is 0. The quantitative estimate of drug-likeness (QED) is 0.705. The Balaban J connectivity index is 2.46. The van der Waals surface area contributed by atoms with Crippen molar-refractivity contribution in [1.82, 2.24) is 14.5 Å². The molecule has 0 saturated heterocycles. The highest BCUT2D eigenvalue weighted by molar-refractivity contribution is 5.76. The molecule has 76 valence electrons. The molecule has 2 aromatic rings. The van der Waals surface area contributed by atoms with Gasteiger partial charge in [-0.2, -0.15) is 0 Å². The van der Waals surface area contributed by atoms with Crippen LogP contribution in [0.15, 0.2) is 36.9 Å². The van der Waals surface area contributed by atoms with E-state index in [0.29, 0.717) is 5.82 Å². The molecule has 5 heteroatoms. The number of carbonyl (C=O) groups is 1. The summed E-state index contributed by atoms with van der Waals surface area (Å²) in [4.78, 5) is 19.4. The lowest BCUT2D eigenvalue weighted by molar-refractivity contribution is 0.173. The Labute approximate surface area is 86.4 Å². The number of aromatic nitrogens is 3. The Morgan fingerprint density at radius 2 is 2.33 bits per heavy atom. The summed E-state index contributed by atoms with van der Waals surface area (Å²) in [6, 6.07) is 3.61. The van der Waals surface area contributed by atoms with Crippen molar-refractivity contribution in [2.45, 2.75) is 0 Å². The van der Waals surface area contributed by atoms with E-state index in [9.17, 15) is 4.79 Å². The minimum Gasteiger partial charge on any atom is -0.452 e. The number of imidazole rings is 1. The van der Waals surface area contributed by atoms with Gasteiger partial charge < -0.3 is 4.74 Å². The second kappa shape index (κ2) is 3.91. The Morgan fingerprint density at radius 1 is 1.47 bits per heavy atom. The summed E-state index contributed by atoms with van der Waals surface area (Å²) in [5.41, 5.74) is 0.771. The van der Waals surface area contributed by atoms with Crippen molar-refractivity contribution < 1.29 is 9.53 Å².